The van der Waals surface area contributed by atoms with Crippen LogP contribution in [0.5, 0.6) is 5.75 Å². The van der Waals surface area contributed by atoms with Crippen molar-refractivity contribution in [2.45, 2.75) is 12.8 Å². The van der Waals surface area contributed by atoms with Gasteiger partial charge in [0.15, 0.2) is 6.61 Å². The molecule has 0 saturated carbocycles. The van der Waals surface area contributed by atoms with Gasteiger partial charge < -0.3 is 9.47 Å². The number of hydrogen-bond acceptors (Lipinski definition) is 4. The Morgan fingerprint density at radius 2 is 2.00 bits per heavy atom. The summed E-state index contributed by atoms with van der Waals surface area (Å²) in [4.78, 5) is 15.6. The molecule has 2 aromatic rings. The van der Waals surface area contributed by atoms with Crippen molar-refractivity contribution in [3.8, 4) is 5.75 Å². The van der Waals surface area contributed by atoms with Crippen LogP contribution in [0.25, 0.3) is 0 Å². The SMILES string of the molecule is O=C(COc1ccc(I)cc1)OCCCc1cccnc1. The third-order valence-electron chi connectivity index (χ3n) is 2.77. The lowest BCUT2D eigenvalue weighted by Gasteiger charge is -2.07. The molecule has 0 radical (unpaired) electrons. The number of carbonyl (C=O) groups is 1. The standard InChI is InChI=1S/C16H16INO3/c17-14-5-7-15(8-6-14)21-12-16(19)20-10-2-4-13-3-1-9-18-11-13/h1,3,5-9,11H,2,4,10,12H2. The summed E-state index contributed by atoms with van der Waals surface area (Å²) in [6, 6.07) is 11.4. The Hall–Kier alpha value is -1.63. The third-order valence-corrected chi connectivity index (χ3v) is 3.49. The maximum atomic E-state index is 11.5. The number of aryl methyl sites for hydroxylation is 1. The maximum absolute atomic E-state index is 11.5. The fourth-order valence-electron chi connectivity index (χ4n) is 1.72. The lowest BCUT2D eigenvalue weighted by molar-refractivity contribution is -0.146. The Kier molecular flexibility index (Phi) is 6.46. The first-order valence-electron chi connectivity index (χ1n) is 6.67. The van der Waals surface area contributed by atoms with E-state index < -0.39 is 0 Å². The van der Waals surface area contributed by atoms with Crippen LogP contribution in [0.3, 0.4) is 0 Å². The van der Waals surface area contributed by atoms with Gasteiger partial charge in [0.1, 0.15) is 5.75 Å². The largest absolute Gasteiger partial charge is 0.482 e. The van der Waals surface area contributed by atoms with E-state index in [2.05, 4.69) is 27.6 Å². The lowest BCUT2D eigenvalue weighted by atomic mass is 10.2. The van der Waals surface area contributed by atoms with Crippen molar-refractivity contribution in [1.82, 2.24) is 4.98 Å². The van der Waals surface area contributed by atoms with Crippen LogP contribution in [-0.4, -0.2) is 24.2 Å². The van der Waals surface area contributed by atoms with Gasteiger partial charge in [0, 0.05) is 16.0 Å². The molecule has 5 heteroatoms. The van der Waals surface area contributed by atoms with Crippen molar-refractivity contribution in [2.75, 3.05) is 13.2 Å². The van der Waals surface area contributed by atoms with E-state index in [4.69, 9.17) is 9.47 Å². The normalized spacial score (nSPS) is 10.1. The number of hydrogen-bond donors (Lipinski definition) is 0. The smallest absolute Gasteiger partial charge is 0.344 e. The van der Waals surface area contributed by atoms with Crippen LogP contribution in [0.1, 0.15) is 12.0 Å². The van der Waals surface area contributed by atoms with E-state index in [1.165, 1.54) is 0 Å². The van der Waals surface area contributed by atoms with E-state index in [9.17, 15) is 4.79 Å². The number of ether oxygens (including phenoxy) is 2. The lowest BCUT2D eigenvalue weighted by Crippen LogP contribution is -2.15. The van der Waals surface area contributed by atoms with Gasteiger partial charge >= 0.3 is 5.97 Å². The highest BCUT2D eigenvalue weighted by Crippen LogP contribution is 2.13. The van der Waals surface area contributed by atoms with Crippen molar-refractivity contribution >= 4 is 28.6 Å². The molecule has 1 aromatic carbocycles. The summed E-state index contributed by atoms with van der Waals surface area (Å²) in [6.07, 6.45) is 5.19. The number of rotatable bonds is 7. The second kappa shape index (κ2) is 8.61. The highest BCUT2D eigenvalue weighted by atomic mass is 127. The molecule has 0 unspecified atom stereocenters. The molecule has 110 valence electrons. The first-order chi connectivity index (χ1) is 10.2. The van der Waals surface area contributed by atoms with Crippen LogP contribution in [0.2, 0.25) is 0 Å². The van der Waals surface area contributed by atoms with Gasteiger partial charge in [0.05, 0.1) is 6.61 Å². The van der Waals surface area contributed by atoms with Gasteiger partial charge in [-0.15, -0.1) is 0 Å². The van der Waals surface area contributed by atoms with Crippen LogP contribution in [-0.2, 0) is 16.0 Å². The summed E-state index contributed by atoms with van der Waals surface area (Å²) in [5, 5.41) is 0. The third kappa shape index (κ3) is 6.12. The fraction of sp³-hybridized carbons (Fsp3) is 0.250. The molecule has 1 heterocycles. The number of esters is 1. The van der Waals surface area contributed by atoms with Gasteiger partial charge in [-0.1, -0.05) is 6.07 Å². The zero-order valence-electron chi connectivity index (χ0n) is 11.5. The Morgan fingerprint density at radius 1 is 1.19 bits per heavy atom. The van der Waals surface area contributed by atoms with Gasteiger partial charge in [-0.3, -0.25) is 4.98 Å². The van der Waals surface area contributed by atoms with Gasteiger partial charge in [-0.05, 0) is 71.3 Å². The average molecular weight is 397 g/mol. The first-order valence-corrected chi connectivity index (χ1v) is 7.75. The van der Waals surface area contributed by atoms with Gasteiger partial charge in [-0.25, -0.2) is 4.79 Å². The number of aromatic nitrogens is 1. The fourth-order valence-corrected chi connectivity index (χ4v) is 2.08. The molecule has 1 aromatic heterocycles. The Balaban J connectivity index is 1.60. The summed E-state index contributed by atoms with van der Waals surface area (Å²) >= 11 is 2.21. The minimum atomic E-state index is -0.347. The highest BCUT2D eigenvalue weighted by molar-refractivity contribution is 14.1. The molecule has 4 nitrogen and oxygen atoms in total. The molecule has 2 rings (SSSR count). The molecule has 0 atom stereocenters. The summed E-state index contributed by atoms with van der Waals surface area (Å²) in [5.74, 6) is 0.322. The maximum Gasteiger partial charge on any atom is 0.344 e. The summed E-state index contributed by atoms with van der Waals surface area (Å²) in [5.41, 5.74) is 1.14. The Labute approximate surface area is 137 Å². The summed E-state index contributed by atoms with van der Waals surface area (Å²) in [7, 11) is 0. The monoisotopic (exact) mass is 397 g/mol. The predicted octanol–water partition coefficient (Wildman–Crippen LogP) is 3.24. The molecule has 0 spiro atoms. The first kappa shape index (κ1) is 15.8. The second-order valence-corrected chi connectivity index (χ2v) is 5.67. The molecule has 0 amide bonds. The van der Waals surface area contributed by atoms with Crippen molar-refractivity contribution < 1.29 is 14.3 Å². The molecular weight excluding hydrogens is 381 g/mol. The number of carbonyl (C=O) groups excluding carboxylic acids is 1. The summed E-state index contributed by atoms with van der Waals surface area (Å²) < 4.78 is 11.6. The van der Waals surface area contributed by atoms with Crippen molar-refractivity contribution in [1.29, 1.82) is 0 Å². The molecule has 0 aliphatic heterocycles. The Bertz CT molecular complexity index is 557. The number of pyridine rings is 1. The van der Waals surface area contributed by atoms with E-state index >= 15 is 0 Å². The van der Waals surface area contributed by atoms with E-state index in [1.54, 1.807) is 6.20 Å². The van der Waals surface area contributed by atoms with Crippen molar-refractivity contribution in [3.05, 3.63) is 57.9 Å². The second-order valence-electron chi connectivity index (χ2n) is 4.43. The van der Waals surface area contributed by atoms with E-state index in [0.717, 1.165) is 22.0 Å². The van der Waals surface area contributed by atoms with E-state index in [-0.39, 0.29) is 12.6 Å². The van der Waals surface area contributed by atoms with Gasteiger partial charge in [-0.2, -0.15) is 0 Å². The van der Waals surface area contributed by atoms with Crippen molar-refractivity contribution in [2.24, 2.45) is 0 Å². The topological polar surface area (TPSA) is 48.4 Å². The molecule has 21 heavy (non-hydrogen) atoms. The number of nitrogens with zero attached hydrogens (tertiary/aromatic N) is 1. The van der Waals surface area contributed by atoms with Crippen LogP contribution in [0.15, 0.2) is 48.8 Å². The van der Waals surface area contributed by atoms with Crippen LogP contribution in [0, 0.1) is 3.57 Å². The quantitative estimate of drug-likeness (QED) is 0.409. The van der Waals surface area contributed by atoms with Crippen LogP contribution >= 0.6 is 22.6 Å². The van der Waals surface area contributed by atoms with Crippen LogP contribution < -0.4 is 4.74 Å². The highest BCUT2D eigenvalue weighted by Gasteiger charge is 2.04. The molecule has 0 N–H and O–H groups in total. The number of halogens is 1. The van der Waals surface area contributed by atoms with Crippen LogP contribution in [0.4, 0.5) is 0 Å². The zero-order chi connectivity index (χ0) is 14.9. The molecule has 0 saturated heterocycles. The predicted molar refractivity (Wildman–Crippen MR) is 88.2 cm³/mol. The molecule has 0 aliphatic rings. The average Bonchev–Trinajstić information content (AvgIpc) is 2.52. The van der Waals surface area contributed by atoms with Crippen molar-refractivity contribution in [3.63, 3.8) is 0 Å². The number of benzene rings is 1. The van der Waals surface area contributed by atoms with E-state index in [0.29, 0.717) is 12.4 Å². The molecule has 0 fully saturated rings. The molecule has 0 aliphatic carbocycles. The zero-order valence-corrected chi connectivity index (χ0v) is 13.7. The molecule has 0 bridgehead atoms. The van der Waals surface area contributed by atoms with Gasteiger partial charge in [0.25, 0.3) is 0 Å². The minimum absolute atomic E-state index is 0.0620. The molecular formula is C16H16INO3. The van der Waals surface area contributed by atoms with E-state index in [1.807, 2.05) is 42.6 Å². The Morgan fingerprint density at radius 3 is 2.71 bits per heavy atom. The minimum Gasteiger partial charge on any atom is -0.482 e. The van der Waals surface area contributed by atoms with Gasteiger partial charge in [0.2, 0.25) is 0 Å². The summed E-state index contributed by atoms with van der Waals surface area (Å²) in [6.45, 7) is 0.331.